The first-order valence-electron chi connectivity index (χ1n) is 8.68. The van der Waals surface area contributed by atoms with Crippen LogP contribution in [0.2, 0.25) is 0 Å². The van der Waals surface area contributed by atoms with Crippen LogP contribution >= 0.6 is 11.8 Å². The van der Waals surface area contributed by atoms with E-state index in [4.69, 9.17) is 4.74 Å². The molecule has 0 radical (unpaired) electrons. The predicted octanol–water partition coefficient (Wildman–Crippen LogP) is 3.89. The quantitative estimate of drug-likeness (QED) is 0.853. The van der Waals surface area contributed by atoms with Crippen LogP contribution in [-0.4, -0.2) is 42.0 Å². The van der Waals surface area contributed by atoms with Gasteiger partial charge in [-0.3, -0.25) is 9.69 Å². The zero-order valence-corrected chi connectivity index (χ0v) is 15.3. The number of benzene rings is 2. The number of carbonyl (C=O) groups excluding carboxylic acids is 1. The molecule has 25 heavy (non-hydrogen) atoms. The van der Waals surface area contributed by atoms with Crippen LogP contribution in [0.3, 0.4) is 0 Å². The lowest BCUT2D eigenvalue weighted by Crippen LogP contribution is -2.32. The number of carbonyl (C=O) groups is 1. The Morgan fingerprint density at radius 2 is 1.84 bits per heavy atom. The third-order valence-electron chi connectivity index (χ3n) is 4.19. The average molecular weight is 356 g/mol. The largest absolute Gasteiger partial charge is 0.494 e. The van der Waals surface area contributed by atoms with Gasteiger partial charge in [-0.05, 0) is 42.8 Å². The molecule has 0 aromatic heterocycles. The summed E-state index contributed by atoms with van der Waals surface area (Å²) >= 11 is 2.00. The van der Waals surface area contributed by atoms with Crippen molar-refractivity contribution < 1.29 is 9.53 Å². The van der Waals surface area contributed by atoms with Crippen molar-refractivity contribution in [3.8, 4) is 5.75 Å². The molecule has 0 saturated carbocycles. The number of para-hydroxylation sites is 1. The molecule has 1 saturated heterocycles. The molecular weight excluding hydrogens is 332 g/mol. The maximum Gasteiger partial charge on any atom is 0.255 e. The Kier molecular flexibility index (Phi) is 6.36. The lowest BCUT2D eigenvalue weighted by Gasteiger charge is -2.27. The van der Waals surface area contributed by atoms with Crippen molar-refractivity contribution in [2.45, 2.75) is 13.5 Å². The highest BCUT2D eigenvalue weighted by Crippen LogP contribution is 2.21. The first kappa shape index (κ1) is 17.8. The molecule has 0 bridgehead atoms. The molecule has 1 fully saturated rings. The standard InChI is InChI=1S/C20H24N2O2S/c1-2-24-18-9-7-16(8-10-18)20(23)21-19-6-4-3-5-17(19)15-22-11-13-25-14-12-22/h3-10H,2,11-15H2,1H3,(H,21,23). The van der Waals surface area contributed by atoms with Gasteiger partial charge in [-0.2, -0.15) is 11.8 Å². The Hall–Kier alpha value is -1.98. The van der Waals surface area contributed by atoms with Crippen LogP contribution in [0, 0.1) is 0 Å². The highest BCUT2D eigenvalue weighted by molar-refractivity contribution is 7.99. The molecule has 2 aromatic carbocycles. The van der Waals surface area contributed by atoms with Crippen molar-refractivity contribution in [2.75, 3.05) is 36.5 Å². The third kappa shape index (κ3) is 5.00. The molecule has 1 N–H and O–H groups in total. The van der Waals surface area contributed by atoms with Gasteiger partial charge in [0, 0.05) is 42.4 Å². The predicted molar refractivity (Wildman–Crippen MR) is 105 cm³/mol. The van der Waals surface area contributed by atoms with Crippen molar-refractivity contribution >= 4 is 23.4 Å². The Bertz CT molecular complexity index is 697. The van der Waals surface area contributed by atoms with Crippen molar-refractivity contribution in [1.29, 1.82) is 0 Å². The maximum absolute atomic E-state index is 12.6. The highest BCUT2D eigenvalue weighted by Gasteiger charge is 2.14. The number of nitrogens with one attached hydrogen (secondary N) is 1. The number of hydrogen-bond acceptors (Lipinski definition) is 4. The fraction of sp³-hybridized carbons (Fsp3) is 0.350. The van der Waals surface area contributed by atoms with E-state index in [1.165, 1.54) is 11.5 Å². The van der Waals surface area contributed by atoms with Gasteiger partial charge >= 0.3 is 0 Å². The second-order valence-corrected chi connectivity index (χ2v) is 7.18. The van der Waals surface area contributed by atoms with Crippen molar-refractivity contribution in [3.05, 3.63) is 59.7 Å². The zero-order chi connectivity index (χ0) is 17.5. The first-order chi connectivity index (χ1) is 12.3. The van der Waals surface area contributed by atoms with Crippen LogP contribution in [-0.2, 0) is 6.54 Å². The van der Waals surface area contributed by atoms with E-state index >= 15 is 0 Å². The summed E-state index contributed by atoms with van der Waals surface area (Å²) in [6, 6.07) is 15.3. The molecule has 1 aliphatic rings. The normalized spacial score (nSPS) is 14.9. The van der Waals surface area contributed by atoms with Crippen LogP contribution < -0.4 is 10.1 Å². The van der Waals surface area contributed by atoms with Crippen LogP contribution in [0.15, 0.2) is 48.5 Å². The number of anilines is 1. The van der Waals surface area contributed by atoms with Gasteiger partial charge in [-0.25, -0.2) is 0 Å². The second-order valence-electron chi connectivity index (χ2n) is 5.96. The van der Waals surface area contributed by atoms with Crippen molar-refractivity contribution in [1.82, 2.24) is 4.90 Å². The minimum Gasteiger partial charge on any atom is -0.494 e. The lowest BCUT2D eigenvalue weighted by atomic mass is 10.1. The summed E-state index contributed by atoms with van der Waals surface area (Å²) in [7, 11) is 0. The Balaban J connectivity index is 1.68. The molecule has 132 valence electrons. The molecule has 5 heteroatoms. The molecule has 4 nitrogen and oxygen atoms in total. The fourth-order valence-corrected chi connectivity index (χ4v) is 3.82. The van der Waals surface area contributed by atoms with Gasteiger partial charge < -0.3 is 10.1 Å². The van der Waals surface area contributed by atoms with Gasteiger partial charge in [-0.1, -0.05) is 18.2 Å². The van der Waals surface area contributed by atoms with E-state index in [0.29, 0.717) is 12.2 Å². The molecule has 0 spiro atoms. The third-order valence-corrected chi connectivity index (χ3v) is 5.13. The molecule has 2 aromatic rings. The Labute approximate surface area is 153 Å². The van der Waals surface area contributed by atoms with Gasteiger partial charge in [0.2, 0.25) is 0 Å². The number of rotatable bonds is 6. The van der Waals surface area contributed by atoms with Crippen LogP contribution in [0.1, 0.15) is 22.8 Å². The van der Waals surface area contributed by atoms with Gasteiger partial charge in [0.1, 0.15) is 5.75 Å². The zero-order valence-electron chi connectivity index (χ0n) is 14.5. The molecule has 0 aliphatic carbocycles. The molecular formula is C20H24N2O2S. The summed E-state index contributed by atoms with van der Waals surface area (Å²) in [6.45, 7) is 5.64. The summed E-state index contributed by atoms with van der Waals surface area (Å²) in [5.41, 5.74) is 2.68. The van der Waals surface area contributed by atoms with E-state index < -0.39 is 0 Å². The van der Waals surface area contributed by atoms with E-state index in [1.54, 1.807) is 12.1 Å². The summed E-state index contributed by atoms with van der Waals surface area (Å²) in [4.78, 5) is 15.0. The summed E-state index contributed by atoms with van der Waals surface area (Å²) < 4.78 is 5.42. The highest BCUT2D eigenvalue weighted by atomic mass is 32.2. The van der Waals surface area contributed by atoms with E-state index in [2.05, 4.69) is 16.3 Å². The van der Waals surface area contributed by atoms with E-state index in [0.717, 1.165) is 36.6 Å². The number of hydrogen-bond donors (Lipinski definition) is 1. The lowest BCUT2D eigenvalue weighted by molar-refractivity contribution is 0.102. The second kappa shape index (κ2) is 8.92. The summed E-state index contributed by atoms with van der Waals surface area (Å²) in [5, 5.41) is 3.06. The van der Waals surface area contributed by atoms with Gasteiger partial charge in [0.15, 0.2) is 0 Å². The number of amides is 1. The number of ether oxygens (including phenoxy) is 1. The average Bonchev–Trinajstić information content (AvgIpc) is 2.65. The summed E-state index contributed by atoms with van der Waals surface area (Å²) in [5.74, 6) is 3.05. The van der Waals surface area contributed by atoms with Crippen molar-refractivity contribution in [3.63, 3.8) is 0 Å². The number of nitrogens with zero attached hydrogens (tertiary/aromatic N) is 1. The van der Waals surface area contributed by atoms with Gasteiger partial charge in [0.05, 0.1) is 6.61 Å². The van der Waals surface area contributed by atoms with Gasteiger partial charge in [-0.15, -0.1) is 0 Å². The Morgan fingerprint density at radius 1 is 1.12 bits per heavy atom. The van der Waals surface area contributed by atoms with E-state index in [9.17, 15) is 4.79 Å². The van der Waals surface area contributed by atoms with Crippen LogP contribution in [0.4, 0.5) is 5.69 Å². The van der Waals surface area contributed by atoms with Gasteiger partial charge in [0.25, 0.3) is 5.91 Å². The minimum absolute atomic E-state index is 0.0929. The Morgan fingerprint density at radius 3 is 2.56 bits per heavy atom. The molecule has 1 aliphatic heterocycles. The molecule has 1 heterocycles. The van der Waals surface area contributed by atoms with Crippen molar-refractivity contribution in [2.24, 2.45) is 0 Å². The van der Waals surface area contributed by atoms with E-state index in [1.807, 2.05) is 49.0 Å². The smallest absolute Gasteiger partial charge is 0.255 e. The monoisotopic (exact) mass is 356 g/mol. The maximum atomic E-state index is 12.6. The first-order valence-corrected chi connectivity index (χ1v) is 9.84. The molecule has 3 rings (SSSR count). The molecule has 1 amide bonds. The van der Waals surface area contributed by atoms with E-state index in [-0.39, 0.29) is 5.91 Å². The SMILES string of the molecule is CCOc1ccc(C(=O)Nc2ccccc2CN2CCSCC2)cc1. The van der Waals surface area contributed by atoms with Crippen LogP contribution in [0.5, 0.6) is 5.75 Å². The molecule has 0 atom stereocenters. The van der Waals surface area contributed by atoms with Crippen LogP contribution in [0.25, 0.3) is 0 Å². The molecule has 0 unspecified atom stereocenters. The number of thioether (sulfide) groups is 1. The minimum atomic E-state index is -0.0929. The fourth-order valence-electron chi connectivity index (χ4n) is 2.84. The topological polar surface area (TPSA) is 41.6 Å². The summed E-state index contributed by atoms with van der Waals surface area (Å²) in [6.07, 6.45) is 0.